The van der Waals surface area contributed by atoms with Crippen molar-refractivity contribution in [1.82, 2.24) is 10.2 Å². The summed E-state index contributed by atoms with van der Waals surface area (Å²) < 4.78 is 5.86. The van der Waals surface area contributed by atoms with Crippen molar-refractivity contribution >= 4 is 5.91 Å². The summed E-state index contributed by atoms with van der Waals surface area (Å²) in [6.45, 7) is 11.6. The summed E-state index contributed by atoms with van der Waals surface area (Å²) in [7, 11) is 0. The van der Waals surface area contributed by atoms with Crippen molar-refractivity contribution in [1.29, 1.82) is 0 Å². The lowest BCUT2D eigenvalue weighted by Crippen LogP contribution is -2.24. The molecule has 0 bridgehead atoms. The van der Waals surface area contributed by atoms with Crippen LogP contribution in [0, 0.1) is 0 Å². The Balaban J connectivity index is 1.74. The topological polar surface area (TPSA) is 45.5 Å². The smallest absolute Gasteiger partial charge is 0.286 e. The molecule has 0 atom stereocenters. The Hall–Kier alpha value is -2.85. The molecule has 2 aromatic carbocycles. The van der Waals surface area contributed by atoms with Crippen molar-refractivity contribution < 1.29 is 9.21 Å². The number of hydrogen-bond acceptors (Lipinski definition) is 3. The van der Waals surface area contributed by atoms with Gasteiger partial charge >= 0.3 is 0 Å². The zero-order chi connectivity index (χ0) is 22.3. The molecule has 3 aromatic rings. The highest BCUT2D eigenvalue weighted by molar-refractivity contribution is 5.91. The second kappa shape index (κ2) is 10.5. The second-order valence-electron chi connectivity index (χ2n) is 9.10. The maximum absolute atomic E-state index is 12.2. The monoisotopic (exact) mass is 418 g/mol. The molecule has 31 heavy (non-hydrogen) atoms. The van der Waals surface area contributed by atoms with Crippen LogP contribution in [0.25, 0.3) is 0 Å². The minimum absolute atomic E-state index is 0.144. The molecular formula is C27H34N2O2. The SMILES string of the molecule is CCCNC(=O)c1ccc(CN(Cc2ccccc2)Cc2ccc(C(C)(C)C)cc2)o1. The molecular weight excluding hydrogens is 384 g/mol. The highest BCUT2D eigenvalue weighted by Crippen LogP contribution is 2.23. The molecule has 3 rings (SSSR count). The summed E-state index contributed by atoms with van der Waals surface area (Å²) in [4.78, 5) is 14.5. The predicted octanol–water partition coefficient (Wildman–Crippen LogP) is 5.92. The van der Waals surface area contributed by atoms with E-state index in [0.29, 0.717) is 18.8 Å². The van der Waals surface area contributed by atoms with Crippen molar-refractivity contribution in [2.24, 2.45) is 0 Å². The molecule has 0 spiro atoms. The van der Waals surface area contributed by atoms with Gasteiger partial charge in [-0.15, -0.1) is 0 Å². The van der Waals surface area contributed by atoms with Crippen molar-refractivity contribution in [3.05, 3.63) is 94.9 Å². The van der Waals surface area contributed by atoms with Crippen LogP contribution >= 0.6 is 0 Å². The highest BCUT2D eigenvalue weighted by atomic mass is 16.4. The van der Waals surface area contributed by atoms with Gasteiger partial charge in [-0.05, 0) is 40.7 Å². The van der Waals surface area contributed by atoms with Crippen LogP contribution in [0.3, 0.4) is 0 Å². The zero-order valence-corrected chi connectivity index (χ0v) is 19.2. The highest BCUT2D eigenvalue weighted by Gasteiger charge is 2.16. The maximum Gasteiger partial charge on any atom is 0.286 e. The van der Waals surface area contributed by atoms with E-state index in [9.17, 15) is 4.79 Å². The van der Waals surface area contributed by atoms with Crippen LogP contribution in [0.1, 0.15) is 67.1 Å². The minimum atomic E-state index is -0.152. The number of carbonyl (C=O) groups is 1. The maximum atomic E-state index is 12.2. The molecule has 0 saturated carbocycles. The average Bonchev–Trinajstić information content (AvgIpc) is 3.21. The van der Waals surface area contributed by atoms with E-state index in [4.69, 9.17) is 4.42 Å². The molecule has 4 heteroatoms. The number of benzene rings is 2. The summed E-state index contributed by atoms with van der Waals surface area (Å²) in [5.41, 5.74) is 3.99. The molecule has 0 saturated heterocycles. The lowest BCUT2D eigenvalue weighted by atomic mass is 9.87. The molecule has 164 valence electrons. The molecule has 1 N–H and O–H groups in total. The molecule has 1 amide bonds. The predicted molar refractivity (Wildman–Crippen MR) is 126 cm³/mol. The Bertz CT molecular complexity index is 953. The minimum Gasteiger partial charge on any atom is -0.455 e. The summed E-state index contributed by atoms with van der Waals surface area (Å²) in [6, 6.07) is 23.0. The van der Waals surface area contributed by atoms with Gasteiger partial charge in [0.25, 0.3) is 5.91 Å². The Morgan fingerprint density at radius 2 is 1.52 bits per heavy atom. The van der Waals surface area contributed by atoms with Crippen LogP contribution < -0.4 is 5.32 Å². The third-order valence-electron chi connectivity index (χ3n) is 5.28. The van der Waals surface area contributed by atoms with Gasteiger partial charge in [-0.25, -0.2) is 0 Å². The fourth-order valence-corrected chi connectivity index (χ4v) is 3.51. The van der Waals surface area contributed by atoms with Crippen LogP contribution in [-0.2, 0) is 25.0 Å². The number of carbonyl (C=O) groups excluding carboxylic acids is 1. The van der Waals surface area contributed by atoms with E-state index < -0.39 is 0 Å². The van der Waals surface area contributed by atoms with Gasteiger partial charge in [0.1, 0.15) is 5.76 Å². The molecule has 0 aliphatic rings. The standard InChI is InChI=1S/C27H34N2O2/c1-5-17-28-26(30)25-16-15-24(31-25)20-29(18-21-9-7-6-8-10-21)19-22-11-13-23(14-12-22)27(2,3)4/h6-16H,5,17-20H2,1-4H3,(H,28,30). The van der Waals surface area contributed by atoms with Gasteiger partial charge < -0.3 is 9.73 Å². The van der Waals surface area contributed by atoms with E-state index in [2.05, 4.69) is 79.5 Å². The number of nitrogens with one attached hydrogen (secondary N) is 1. The van der Waals surface area contributed by atoms with E-state index in [1.807, 2.05) is 19.1 Å². The molecule has 1 aromatic heterocycles. The lowest BCUT2D eigenvalue weighted by molar-refractivity contribution is 0.0921. The normalized spacial score (nSPS) is 11.6. The third kappa shape index (κ3) is 6.83. The number of hydrogen-bond donors (Lipinski definition) is 1. The third-order valence-corrected chi connectivity index (χ3v) is 5.28. The molecule has 0 fully saturated rings. The van der Waals surface area contributed by atoms with Gasteiger partial charge in [-0.3, -0.25) is 9.69 Å². The molecule has 0 aliphatic heterocycles. The molecule has 0 unspecified atom stereocenters. The molecule has 4 nitrogen and oxygen atoms in total. The first-order valence-electron chi connectivity index (χ1n) is 11.1. The Morgan fingerprint density at radius 3 is 2.13 bits per heavy atom. The quantitative estimate of drug-likeness (QED) is 0.469. The van der Waals surface area contributed by atoms with Crippen LogP contribution in [0.4, 0.5) is 0 Å². The summed E-state index contributed by atoms with van der Waals surface area (Å²) in [5, 5.41) is 2.87. The van der Waals surface area contributed by atoms with Crippen molar-refractivity contribution in [3.63, 3.8) is 0 Å². The Kier molecular flexibility index (Phi) is 7.69. The first kappa shape index (κ1) is 22.8. The van der Waals surface area contributed by atoms with Gasteiger partial charge in [0.05, 0.1) is 6.54 Å². The van der Waals surface area contributed by atoms with E-state index in [0.717, 1.165) is 25.3 Å². The van der Waals surface area contributed by atoms with E-state index >= 15 is 0 Å². The van der Waals surface area contributed by atoms with Crippen LogP contribution in [0.2, 0.25) is 0 Å². The molecule has 0 aliphatic carbocycles. The van der Waals surface area contributed by atoms with Crippen LogP contribution in [-0.4, -0.2) is 17.4 Å². The molecule has 0 radical (unpaired) electrons. The van der Waals surface area contributed by atoms with Crippen molar-refractivity contribution in [3.8, 4) is 0 Å². The van der Waals surface area contributed by atoms with Gasteiger partial charge in [-0.1, -0.05) is 82.3 Å². The first-order chi connectivity index (χ1) is 14.8. The van der Waals surface area contributed by atoms with Gasteiger partial charge in [0.15, 0.2) is 5.76 Å². The largest absolute Gasteiger partial charge is 0.455 e. The number of rotatable bonds is 9. The van der Waals surface area contributed by atoms with Gasteiger partial charge in [0.2, 0.25) is 0 Å². The number of amides is 1. The van der Waals surface area contributed by atoms with Gasteiger partial charge in [0, 0.05) is 19.6 Å². The fraction of sp³-hybridized carbons (Fsp3) is 0.370. The van der Waals surface area contributed by atoms with Crippen molar-refractivity contribution in [2.75, 3.05) is 6.54 Å². The van der Waals surface area contributed by atoms with Crippen LogP contribution in [0.15, 0.2) is 71.1 Å². The first-order valence-corrected chi connectivity index (χ1v) is 11.1. The van der Waals surface area contributed by atoms with E-state index in [1.165, 1.54) is 16.7 Å². The fourth-order valence-electron chi connectivity index (χ4n) is 3.51. The number of furan rings is 1. The summed E-state index contributed by atoms with van der Waals surface area (Å²) in [5.74, 6) is 1.02. The van der Waals surface area contributed by atoms with Gasteiger partial charge in [-0.2, -0.15) is 0 Å². The summed E-state index contributed by atoms with van der Waals surface area (Å²) >= 11 is 0. The van der Waals surface area contributed by atoms with Crippen LogP contribution in [0.5, 0.6) is 0 Å². The number of nitrogens with zero attached hydrogens (tertiary/aromatic N) is 1. The average molecular weight is 419 g/mol. The molecule has 1 heterocycles. The van der Waals surface area contributed by atoms with E-state index in [-0.39, 0.29) is 11.3 Å². The van der Waals surface area contributed by atoms with Crippen molar-refractivity contribution in [2.45, 2.75) is 59.2 Å². The second-order valence-corrected chi connectivity index (χ2v) is 9.10. The zero-order valence-electron chi connectivity index (χ0n) is 19.2. The Morgan fingerprint density at radius 1 is 0.871 bits per heavy atom. The lowest BCUT2D eigenvalue weighted by Gasteiger charge is -2.23. The van der Waals surface area contributed by atoms with E-state index in [1.54, 1.807) is 6.07 Å². The summed E-state index contributed by atoms with van der Waals surface area (Å²) in [6.07, 6.45) is 0.901. The Labute approximate surface area is 186 Å².